The maximum absolute atomic E-state index is 12.7. The number of nitrogens with one attached hydrogen (secondary N) is 1. The largest absolute Gasteiger partial charge is 0.480 e. The van der Waals surface area contributed by atoms with Gasteiger partial charge in [-0.1, -0.05) is 43.8 Å². The van der Waals surface area contributed by atoms with Gasteiger partial charge in [-0.3, -0.25) is 9.80 Å². The second kappa shape index (κ2) is 9.92. The van der Waals surface area contributed by atoms with E-state index in [1.165, 1.54) is 24.2 Å². The maximum Gasteiger partial charge on any atom is 0.322 e. The summed E-state index contributed by atoms with van der Waals surface area (Å²) in [5, 5.41) is 14.9. The summed E-state index contributed by atoms with van der Waals surface area (Å²) in [4.78, 5) is 11.7. The van der Waals surface area contributed by atoms with Crippen molar-refractivity contribution < 1.29 is 27.1 Å². The molecule has 0 saturated heterocycles. The van der Waals surface area contributed by atoms with E-state index in [2.05, 4.69) is 16.4 Å². The van der Waals surface area contributed by atoms with Gasteiger partial charge in [0.2, 0.25) is 0 Å². The third kappa shape index (κ3) is 5.94. The van der Waals surface area contributed by atoms with Gasteiger partial charge in [-0.2, -0.15) is 9.82 Å². The average Bonchev–Trinajstić information content (AvgIpc) is 3.21. The van der Waals surface area contributed by atoms with Crippen LogP contribution >= 0.6 is 11.3 Å². The van der Waals surface area contributed by atoms with Crippen molar-refractivity contribution in [2.75, 3.05) is 12.1 Å². The van der Waals surface area contributed by atoms with Gasteiger partial charge in [0.1, 0.15) is 15.3 Å². The Bertz CT molecular complexity index is 1020. The number of rotatable bonds is 10. The van der Waals surface area contributed by atoms with E-state index in [-0.39, 0.29) is 4.21 Å². The number of aliphatic carboxylic acids is 1. The highest BCUT2D eigenvalue weighted by atomic mass is 32.2. The van der Waals surface area contributed by atoms with Crippen molar-refractivity contribution >= 4 is 38.5 Å². The van der Waals surface area contributed by atoms with Crippen molar-refractivity contribution in [3.63, 3.8) is 0 Å². The van der Waals surface area contributed by atoms with Crippen LogP contribution in [-0.4, -0.2) is 45.2 Å². The molecule has 0 spiro atoms. The number of nitrogens with zero attached hydrogens (tertiary/aromatic N) is 2. The first kappa shape index (κ1) is 23.6. The average molecular weight is 458 g/mol. The van der Waals surface area contributed by atoms with Gasteiger partial charge in [0, 0.05) is 18.5 Å². The first-order valence-electron chi connectivity index (χ1n) is 8.67. The van der Waals surface area contributed by atoms with E-state index in [1.807, 2.05) is 0 Å². The van der Waals surface area contributed by atoms with E-state index in [1.54, 1.807) is 37.3 Å². The Balaban J connectivity index is 2.20. The number of benzene rings is 1. The first-order valence-corrected chi connectivity index (χ1v) is 11.0. The predicted molar refractivity (Wildman–Crippen MR) is 113 cm³/mol. The van der Waals surface area contributed by atoms with Gasteiger partial charge < -0.3 is 5.11 Å². The lowest BCUT2D eigenvalue weighted by atomic mass is 9.94. The van der Waals surface area contributed by atoms with Crippen LogP contribution in [0, 0.1) is 0 Å². The highest BCUT2D eigenvalue weighted by Gasteiger charge is 2.32. The molecule has 2 N–H and O–H groups in total. The fourth-order valence-corrected chi connectivity index (χ4v) is 4.94. The second-order valence-corrected chi connectivity index (χ2v) is 9.38. The zero-order chi connectivity index (χ0) is 22.5. The van der Waals surface area contributed by atoms with Crippen LogP contribution in [0.15, 0.2) is 63.9 Å². The summed E-state index contributed by atoms with van der Waals surface area (Å²) in [6, 6.07) is 10.1. The smallest absolute Gasteiger partial charge is 0.322 e. The van der Waals surface area contributed by atoms with E-state index in [9.17, 15) is 27.1 Å². The van der Waals surface area contributed by atoms with E-state index in [0.717, 1.165) is 17.6 Å². The van der Waals surface area contributed by atoms with Gasteiger partial charge in [0.25, 0.3) is 16.4 Å². The minimum absolute atomic E-state index is 0.126. The highest BCUT2D eigenvalue weighted by Crippen LogP contribution is 2.30. The number of allylic oxidation sites excluding steroid dienone is 1. The number of thiophene rings is 1. The minimum atomic E-state index is -4.14. The van der Waals surface area contributed by atoms with Crippen molar-refractivity contribution in [3.05, 3.63) is 60.2 Å². The number of sulfonamides is 1. The molecule has 11 heteroatoms. The topological polar surface area (TPSA) is 99.1 Å². The first-order chi connectivity index (χ1) is 14.0. The maximum atomic E-state index is 12.7. The van der Waals surface area contributed by atoms with E-state index in [0.29, 0.717) is 10.6 Å². The summed E-state index contributed by atoms with van der Waals surface area (Å²) in [6.07, 6.45) is -1.86. The summed E-state index contributed by atoms with van der Waals surface area (Å²) in [7, 11) is -2.68. The van der Waals surface area contributed by atoms with Crippen molar-refractivity contribution in [3.8, 4) is 0 Å². The molecule has 0 amide bonds. The van der Waals surface area contributed by atoms with E-state index in [4.69, 9.17) is 0 Å². The Hall–Kier alpha value is -2.63. The molecule has 2 aromatic rings. The molecule has 2 atom stereocenters. The SMILES string of the molecule is C=C(/C=N\N(C)c1ccc(S(=O)(=O)NC(C(=O)O)C(C)c2ccccc2)s1)C(F)F. The Kier molecular flexibility index (Phi) is 7.82. The predicted octanol–water partition coefficient (Wildman–Crippen LogP) is 3.53. The molecule has 162 valence electrons. The second-order valence-electron chi connectivity index (χ2n) is 6.37. The molecule has 2 unspecified atom stereocenters. The zero-order valence-corrected chi connectivity index (χ0v) is 17.8. The van der Waals surface area contributed by atoms with Crippen LogP contribution in [0.1, 0.15) is 18.4 Å². The van der Waals surface area contributed by atoms with Crippen LogP contribution in [0.5, 0.6) is 0 Å². The monoisotopic (exact) mass is 457 g/mol. The summed E-state index contributed by atoms with van der Waals surface area (Å²) in [5.74, 6) is -1.93. The lowest BCUT2D eigenvalue weighted by Gasteiger charge is -2.21. The van der Waals surface area contributed by atoms with Crippen LogP contribution < -0.4 is 9.73 Å². The highest BCUT2D eigenvalue weighted by molar-refractivity contribution is 7.91. The molecule has 2 rings (SSSR count). The molecule has 0 aliphatic rings. The molecule has 1 aromatic carbocycles. The number of anilines is 1. The van der Waals surface area contributed by atoms with Crippen LogP contribution in [0.3, 0.4) is 0 Å². The Morgan fingerprint density at radius 2 is 1.90 bits per heavy atom. The molecule has 0 aliphatic carbocycles. The van der Waals surface area contributed by atoms with Crippen molar-refractivity contribution in [2.24, 2.45) is 5.10 Å². The summed E-state index contributed by atoms with van der Waals surface area (Å²) < 4.78 is 52.5. The fraction of sp³-hybridized carbons (Fsp3) is 0.263. The van der Waals surface area contributed by atoms with Crippen molar-refractivity contribution in [2.45, 2.75) is 29.5 Å². The lowest BCUT2D eigenvalue weighted by Crippen LogP contribution is -2.43. The number of carboxylic acid groups (broad SMARTS) is 1. The van der Waals surface area contributed by atoms with Crippen LogP contribution in [0.2, 0.25) is 0 Å². The Morgan fingerprint density at radius 1 is 1.27 bits per heavy atom. The normalized spacial score (nSPS) is 14.0. The van der Waals surface area contributed by atoms with Gasteiger partial charge >= 0.3 is 5.97 Å². The standard InChI is InChI=1S/C19H21F2N3O4S2/c1-12(18(20)21)11-22-24(3)15-9-10-16(29-15)30(27,28)23-17(19(25)26)13(2)14-7-5-4-6-8-14/h4-11,13,17-18,23H,1H2,2-3H3,(H,25,26)/b22-11-. The lowest BCUT2D eigenvalue weighted by molar-refractivity contribution is -0.139. The third-order valence-corrected chi connectivity index (χ3v) is 7.29. The van der Waals surface area contributed by atoms with Gasteiger partial charge in [-0.15, -0.1) is 11.3 Å². The number of hydrogen-bond acceptors (Lipinski definition) is 6. The number of carbonyl (C=O) groups is 1. The third-order valence-electron chi connectivity index (χ3n) is 4.20. The quantitative estimate of drug-likeness (QED) is 0.420. The van der Waals surface area contributed by atoms with Crippen LogP contribution in [0.4, 0.5) is 13.8 Å². The molecule has 1 aromatic heterocycles. The van der Waals surface area contributed by atoms with Crippen LogP contribution in [0.25, 0.3) is 0 Å². The molecule has 0 saturated carbocycles. The van der Waals surface area contributed by atoms with Gasteiger partial charge in [0.05, 0.1) is 6.21 Å². The molecule has 0 fully saturated rings. The number of halogens is 2. The summed E-state index contributed by atoms with van der Waals surface area (Å²) in [5.41, 5.74) is 0.194. The minimum Gasteiger partial charge on any atom is -0.480 e. The number of hydrogen-bond donors (Lipinski definition) is 2. The Morgan fingerprint density at radius 3 is 2.47 bits per heavy atom. The summed E-state index contributed by atoms with van der Waals surface area (Å²) >= 11 is 0.821. The molecular weight excluding hydrogens is 436 g/mol. The van der Waals surface area contributed by atoms with Gasteiger partial charge in [-0.05, 0) is 17.7 Å². The van der Waals surface area contributed by atoms with Crippen molar-refractivity contribution in [1.29, 1.82) is 0 Å². The molecule has 0 bridgehead atoms. The molecular formula is C19H21F2N3O4S2. The Labute approximate surface area is 177 Å². The number of alkyl halides is 2. The molecule has 1 heterocycles. The van der Waals surface area contributed by atoms with Crippen molar-refractivity contribution in [1.82, 2.24) is 4.72 Å². The van der Waals surface area contributed by atoms with Crippen LogP contribution in [-0.2, 0) is 14.8 Å². The molecule has 30 heavy (non-hydrogen) atoms. The van der Waals surface area contributed by atoms with Gasteiger partial charge in [0.15, 0.2) is 0 Å². The van der Waals surface area contributed by atoms with E-state index >= 15 is 0 Å². The zero-order valence-electron chi connectivity index (χ0n) is 16.2. The van der Waals surface area contributed by atoms with Gasteiger partial charge in [-0.25, -0.2) is 17.2 Å². The molecule has 0 radical (unpaired) electrons. The number of hydrazone groups is 1. The summed E-state index contributed by atoms with van der Waals surface area (Å²) in [6.45, 7) is 4.79. The fourth-order valence-electron chi connectivity index (χ4n) is 2.44. The molecule has 7 nitrogen and oxygen atoms in total. The molecule has 0 aliphatic heterocycles. The van der Waals surface area contributed by atoms with E-state index < -0.39 is 40.0 Å². The number of carboxylic acids is 1.